The minimum absolute atomic E-state index is 0.113. The second-order valence-electron chi connectivity index (χ2n) is 4.37. The summed E-state index contributed by atoms with van der Waals surface area (Å²) >= 11 is 7.01. The predicted octanol–water partition coefficient (Wildman–Crippen LogP) is 2.39. The molecule has 0 aliphatic heterocycles. The summed E-state index contributed by atoms with van der Waals surface area (Å²) in [5.41, 5.74) is 0.742. The van der Waals surface area contributed by atoms with Crippen molar-refractivity contribution in [2.45, 2.75) is 18.1 Å². The summed E-state index contributed by atoms with van der Waals surface area (Å²) in [5, 5.41) is 3.96. The van der Waals surface area contributed by atoms with Gasteiger partial charge in [-0.2, -0.15) is 0 Å². The van der Waals surface area contributed by atoms with Crippen molar-refractivity contribution in [1.82, 2.24) is 15.3 Å². The quantitative estimate of drug-likeness (QED) is 0.654. The minimum Gasteiger partial charge on any atom is -0.349 e. The van der Waals surface area contributed by atoms with Crippen LogP contribution in [0, 0.1) is 0 Å². The molecule has 7 heteroatoms. The van der Waals surface area contributed by atoms with Crippen LogP contribution in [-0.4, -0.2) is 21.6 Å². The molecule has 2 N–H and O–H groups in total. The summed E-state index contributed by atoms with van der Waals surface area (Å²) in [4.78, 5) is 29.5. The topological polar surface area (TPSA) is 74.8 Å². The normalized spacial score (nSPS) is 11.9. The third-order valence-corrected chi connectivity index (χ3v) is 3.87. The van der Waals surface area contributed by atoms with Crippen LogP contribution in [0.25, 0.3) is 0 Å². The van der Waals surface area contributed by atoms with Crippen molar-refractivity contribution in [3.63, 3.8) is 0 Å². The van der Waals surface area contributed by atoms with Crippen LogP contribution in [0.3, 0.4) is 0 Å². The molecule has 1 amide bonds. The Bertz CT molecular complexity index is 672. The molecule has 0 saturated heterocycles. The van der Waals surface area contributed by atoms with E-state index in [9.17, 15) is 9.59 Å². The summed E-state index contributed by atoms with van der Waals surface area (Å²) in [6.45, 7) is 1.90. The summed E-state index contributed by atoms with van der Waals surface area (Å²) in [7, 11) is 0. The van der Waals surface area contributed by atoms with Crippen LogP contribution >= 0.6 is 23.4 Å². The first kappa shape index (κ1) is 15.6. The highest BCUT2D eigenvalue weighted by atomic mass is 35.5. The second-order valence-corrected chi connectivity index (χ2v) is 5.77. The Morgan fingerprint density at radius 3 is 2.76 bits per heavy atom. The van der Waals surface area contributed by atoms with Crippen LogP contribution in [0.5, 0.6) is 0 Å². The number of hydrogen-bond acceptors (Lipinski definition) is 4. The first-order valence-electron chi connectivity index (χ1n) is 6.27. The lowest BCUT2D eigenvalue weighted by Crippen LogP contribution is -2.28. The van der Waals surface area contributed by atoms with Crippen molar-refractivity contribution >= 4 is 29.3 Å². The highest BCUT2D eigenvalue weighted by Gasteiger charge is 2.10. The zero-order valence-electron chi connectivity index (χ0n) is 11.3. The van der Waals surface area contributed by atoms with Gasteiger partial charge in [0.15, 0.2) is 5.16 Å². The van der Waals surface area contributed by atoms with Gasteiger partial charge >= 0.3 is 0 Å². The molecule has 1 aromatic heterocycles. The average molecular weight is 324 g/mol. The molecular weight excluding hydrogens is 310 g/mol. The monoisotopic (exact) mass is 323 g/mol. The van der Waals surface area contributed by atoms with Crippen molar-refractivity contribution in [3.05, 3.63) is 57.5 Å². The van der Waals surface area contributed by atoms with E-state index in [-0.39, 0.29) is 23.3 Å². The third kappa shape index (κ3) is 4.91. The van der Waals surface area contributed by atoms with Crippen molar-refractivity contribution in [1.29, 1.82) is 0 Å². The lowest BCUT2D eigenvalue weighted by atomic mass is 10.1. The Kier molecular flexibility index (Phi) is 5.41. The van der Waals surface area contributed by atoms with Gasteiger partial charge in [-0.25, -0.2) is 4.98 Å². The van der Waals surface area contributed by atoms with Gasteiger partial charge in [-0.05, 0) is 24.6 Å². The summed E-state index contributed by atoms with van der Waals surface area (Å²) < 4.78 is 0. The zero-order valence-corrected chi connectivity index (χ0v) is 12.9. The molecule has 5 nitrogen and oxygen atoms in total. The van der Waals surface area contributed by atoms with E-state index in [4.69, 9.17) is 11.6 Å². The number of amides is 1. The number of rotatable bonds is 5. The number of thioether (sulfide) groups is 1. The number of aromatic amines is 1. The van der Waals surface area contributed by atoms with E-state index in [0.29, 0.717) is 10.2 Å². The van der Waals surface area contributed by atoms with E-state index in [1.54, 1.807) is 12.1 Å². The Labute approximate surface area is 131 Å². The molecule has 2 rings (SSSR count). The van der Waals surface area contributed by atoms with Gasteiger partial charge < -0.3 is 10.3 Å². The van der Waals surface area contributed by atoms with Crippen LogP contribution in [0.1, 0.15) is 18.5 Å². The van der Waals surface area contributed by atoms with E-state index in [1.165, 1.54) is 24.0 Å². The van der Waals surface area contributed by atoms with E-state index in [1.807, 2.05) is 19.1 Å². The first-order valence-corrected chi connectivity index (χ1v) is 7.64. The molecule has 0 spiro atoms. The molecule has 0 radical (unpaired) electrons. The molecule has 0 aliphatic carbocycles. The Morgan fingerprint density at radius 1 is 1.38 bits per heavy atom. The van der Waals surface area contributed by atoms with Crippen molar-refractivity contribution in [2.24, 2.45) is 0 Å². The molecule has 0 unspecified atom stereocenters. The Balaban J connectivity index is 1.86. The molecular formula is C14H14ClN3O2S. The smallest absolute Gasteiger partial charge is 0.251 e. The third-order valence-electron chi connectivity index (χ3n) is 2.74. The van der Waals surface area contributed by atoms with Crippen LogP contribution in [-0.2, 0) is 4.79 Å². The van der Waals surface area contributed by atoms with Crippen LogP contribution in [0.4, 0.5) is 0 Å². The predicted molar refractivity (Wildman–Crippen MR) is 83.6 cm³/mol. The number of aromatic nitrogens is 2. The van der Waals surface area contributed by atoms with E-state index < -0.39 is 0 Å². The van der Waals surface area contributed by atoms with Gasteiger partial charge in [0, 0.05) is 17.3 Å². The fourth-order valence-electron chi connectivity index (χ4n) is 1.68. The van der Waals surface area contributed by atoms with Gasteiger partial charge in [0.2, 0.25) is 5.91 Å². The molecule has 1 aromatic carbocycles. The lowest BCUT2D eigenvalue weighted by molar-refractivity contribution is -0.119. The summed E-state index contributed by atoms with van der Waals surface area (Å²) in [5.74, 6) is 0.0548. The number of nitrogens with zero attached hydrogens (tertiary/aromatic N) is 1. The van der Waals surface area contributed by atoms with Crippen molar-refractivity contribution < 1.29 is 4.79 Å². The SMILES string of the molecule is C[C@@H](NC(=O)CSc1nccc(=O)[nH]1)c1ccc(Cl)cc1. The largest absolute Gasteiger partial charge is 0.349 e. The van der Waals surface area contributed by atoms with Crippen molar-refractivity contribution in [3.8, 4) is 0 Å². The van der Waals surface area contributed by atoms with Crippen LogP contribution < -0.4 is 10.9 Å². The number of benzene rings is 1. The number of halogens is 1. The lowest BCUT2D eigenvalue weighted by Gasteiger charge is -2.14. The van der Waals surface area contributed by atoms with E-state index in [2.05, 4.69) is 15.3 Å². The van der Waals surface area contributed by atoms with Gasteiger partial charge in [-0.15, -0.1) is 0 Å². The van der Waals surface area contributed by atoms with Gasteiger partial charge in [0.25, 0.3) is 5.56 Å². The minimum atomic E-state index is -0.234. The maximum absolute atomic E-state index is 11.9. The molecule has 1 heterocycles. The van der Waals surface area contributed by atoms with E-state index in [0.717, 1.165) is 5.56 Å². The average Bonchev–Trinajstić information content (AvgIpc) is 2.46. The molecule has 2 aromatic rings. The summed E-state index contributed by atoms with van der Waals surface area (Å²) in [6.07, 6.45) is 1.41. The number of H-pyrrole nitrogens is 1. The van der Waals surface area contributed by atoms with Gasteiger partial charge in [0.1, 0.15) is 0 Å². The van der Waals surface area contributed by atoms with Crippen LogP contribution in [0.15, 0.2) is 46.5 Å². The van der Waals surface area contributed by atoms with E-state index >= 15 is 0 Å². The van der Waals surface area contributed by atoms with Gasteiger partial charge in [-0.3, -0.25) is 9.59 Å². The number of carbonyl (C=O) groups excluding carboxylic acids is 1. The number of hydrogen-bond donors (Lipinski definition) is 2. The Morgan fingerprint density at radius 2 is 2.10 bits per heavy atom. The maximum Gasteiger partial charge on any atom is 0.251 e. The fraction of sp³-hybridized carbons (Fsp3) is 0.214. The highest BCUT2D eigenvalue weighted by molar-refractivity contribution is 7.99. The summed E-state index contributed by atoms with van der Waals surface area (Å²) in [6, 6.07) is 8.53. The molecule has 0 saturated carbocycles. The highest BCUT2D eigenvalue weighted by Crippen LogP contribution is 2.16. The van der Waals surface area contributed by atoms with Crippen LogP contribution in [0.2, 0.25) is 5.02 Å². The first-order chi connectivity index (χ1) is 10.0. The van der Waals surface area contributed by atoms with Gasteiger partial charge in [-0.1, -0.05) is 35.5 Å². The second kappa shape index (κ2) is 7.28. The zero-order chi connectivity index (χ0) is 15.2. The van der Waals surface area contributed by atoms with Gasteiger partial charge in [0.05, 0.1) is 11.8 Å². The molecule has 0 bridgehead atoms. The fourth-order valence-corrected chi connectivity index (χ4v) is 2.46. The number of carbonyl (C=O) groups is 1. The standard InChI is InChI=1S/C14H14ClN3O2S/c1-9(10-2-4-11(15)5-3-10)17-13(20)8-21-14-16-7-6-12(19)18-14/h2-7,9H,8H2,1H3,(H,17,20)(H,16,18,19)/t9-/m1/s1. The molecule has 0 aliphatic rings. The molecule has 21 heavy (non-hydrogen) atoms. The Hall–Kier alpha value is -1.79. The molecule has 110 valence electrons. The molecule has 1 atom stereocenters. The maximum atomic E-state index is 11.9. The van der Waals surface area contributed by atoms with Crippen molar-refractivity contribution in [2.75, 3.05) is 5.75 Å². The molecule has 0 fully saturated rings. The number of nitrogens with one attached hydrogen (secondary N) is 2.